The minimum absolute atomic E-state index is 0.0465. The first-order valence-electron chi connectivity index (χ1n) is 10.1. The molecule has 1 fully saturated rings. The number of nitrogens with zero attached hydrogens (tertiary/aromatic N) is 4. The van der Waals surface area contributed by atoms with Crippen molar-refractivity contribution in [3.05, 3.63) is 40.5 Å². The second kappa shape index (κ2) is 7.26. The zero-order valence-corrected chi connectivity index (χ0v) is 17.2. The number of para-hydroxylation sites is 1. The summed E-state index contributed by atoms with van der Waals surface area (Å²) in [5.74, 6) is 0.911. The van der Waals surface area contributed by atoms with Crippen molar-refractivity contribution in [1.82, 2.24) is 19.7 Å². The molecule has 1 N–H and O–H groups in total. The third-order valence-corrected chi connectivity index (χ3v) is 6.77. The lowest BCUT2D eigenvalue weighted by molar-refractivity contribution is -0.132. The molecule has 7 nitrogen and oxygen atoms in total. The fourth-order valence-corrected chi connectivity index (χ4v) is 4.84. The predicted molar refractivity (Wildman–Crippen MR) is 112 cm³/mol. The Balaban J connectivity index is 1.25. The van der Waals surface area contributed by atoms with Crippen LogP contribution in [-0.2, 0) is 36.0 Å². The van der Waals surface area contributed by atoms with Crippen molar-refractivity contribution in [2.45, 2.75) is 38.6 Å². The maximum absolute atomic E-state index is 12.8. The van der Waals surface area contributed by atoms with Crippen LogP contribution in [0.25, 0.3) is 10.2 Å². The van der Waals surface area contributed by atoms with Gasteiger partial charge in [0.2, 0.25) is 11.8 Å². The summed E-state index contributed by atoms with van der Waals surface area (Å²) < 4.78 is 2.99. The highest BCUT2D eigenvalue weighted by atomic mass is 32.1. The molecule has 0 spiro atoms. The van der Waals surface area contributed by atoms with Gasteiger partial charge >= 0.3 is 0 Å². The lowest BCUT2D eigenvalue weighted by atomic mass is 10.1. The Morgan fingerprint density at radius 2 is 2.10 bits per heavy atom. The average Bonchev–Trinajstić information content (AvgIpc) is 3.43. The zero-order valence-electron chi connectivity index (χ0n) is 16.4. The van der Waals surface area contributed by atoms with Crippen molar-refractivity contribution in [2.24, 2.45) is 13.0 Å². The zero-order chi connectivity index (χ0) is 20.0. The van der Waals surface area contributed by atoms with E-state index >= 15 is 0 Å². The molecule has 1 aliphatic carbocycles. The van der Waals surface area contributed by atoms with Crippen LogP contribution < -0.4 is 5.32 Å². The molecule has 1 saturated carbocycles. The van der Waals surface area contributed by atoms with Gasteiger partial charge in [-0.25, -0.2) is 4.98 Å². The molecule has 2 aromatic heterocycles. The SMILES string of the molecule is Cn1nc(NC(=O)C2CC2)c2c1CCN(C(=O)CCc1nc3ccccc3s1)C2. The monoisotopic (exact) mass is 409 g/mol. The highest BCUT2D eigenvalue weighted by Gasteiger charge is 2.32. The number of carbonyl (C=O) groups excluding carboxylic acids is 2. The Hall–Kier alpha value is -2.74. The Morgan fingerprint density at radius 3 is 2.90 bits per heavy atom. The van der Waals surface area contributed by atoms with Gasteiger partial charge < -0.3 is 10.2 Å². The van der Waals surface area contributed by atoms with Crippen LogP contribution in [0.3, 0.4) is 0 Å². The number of nitrogens with one attached hydrogen (secondary N) is 1. The van der Waals surface area contributed by atoms with Crippen molar-refractivity contribution in [1.29, 1.82) is 0 Å². The number of hydrogen-bond acceptors (Lipinski definition) is 5. The van der Waals surface area contributed by atoms with Gasteiger partial charge in [0.25, 0.3) is 0 Å². The van der Waals surface area contributed by atoms with Gasteiger partial charge in [-0.3, -0.25) is 14.3 Å². The van der Waals surface area contributed by atoms with Crippen molar-refractivity contribution in [3.8, 4) is 0 Å². The van der Waals surface area contributed by atoms with E-state index in [2.05, 4.69) is 21.5 Å². The topological polar surface area (TPSA) is 80.1 Å². The number of hydrogen-bond donors (Lipinski definition) is 1. The average molecular weight is 410 g/mol. The maximum Gasteiger partial charge on any atom is 0.228 e. The molecule has 1 aliphatic heterocycles. The van der Waals surface area contributed by atoms with E-state index in [0.717, 1.165) is 45.7 Å². The standard InChI is InChI=1S/C21H23N5O2S/c1-25-16-10-11-26(12-14(16)20(24-25)23-21(28)13-6-7-13)19(27)9-8-18-22-15-4-2-3-5-17(15)29-18/h2-5,13H,6-12H2,1H3,(H,23,24,28). The Bertz CT molecular complexity index is 1060. The molecule has 3 aromatic rings. The van der Waals surface area contributed by atoms with E-state index in [9.17, 15) is 9.59 Å². The fourth-order valence-electron chi connectivity index (χ4n) is 3.87. The number of fused-ring (bicyclic) bond motifs is 2. The molecule has 8 heteroatoms. The molecule has 0 bridgehead atoms. The summed E-state index contributed by atoms with van der Waals surface area (Å²) in [5.41, 5.74) is 3.07. The van der Waals surface area contributed by atoms with Crippen LogP contribution in [-0.4, -0.2) is 38.0 Å². The number of amides is 2. The second-order valence-corrected chi connectivity index (χ2v) is 8.92. The highest BCUT2D eigenvalue weighted by molar-refractivity contribution is 7.18. The highest BCUT2D eigenvalue weighted by Crippen LogP contribution is 2.32. The first kappa shape index (κ1) is 18.3. The molecule has 1 aromatic carbocycles. The van der Waals surface area contributed by atoms with Crippen LogP contribution in [0.1, 0.15) is 35.5 Å². The molecule has 3 heterocycles. The van der Waals surface area contributed by atoms with E-state index in [1.54, 1.807) is 11.3 Å². The number of rotatable bonds is 5. The predicted octanol–water partition coefficient (Wildman–Crippen LogP) is 2.90. The molecule has 2 amide bonds. The van der Waals surface area contributed by atoms with Gasteiger partial charge in [-0.1, -0.05) is 12.1 Å². The summed E-state index contributed by atoms with van der Waals surface area (Å²) >= 11 is 1.65. The van der Waals surface area contributed by atoms with Crippen LogP contribution in [0.15, 0.2) is 24.3 Å². The van der Waals surface area contributed by atoms with E-state index in [1.807, 2.05) is 34.8 Å². The van der Waals surface area contributed by atoms with Crippen molar-refractivity contribution in [2.75, 3.05) is 11.9 Å². The first-order chi connectivity index (χ1) is 14.1. The van der Waals surface area contributed by atoms with Crippen molar-refractivity contribution >= 4 is 39.2 Å². The summed E-state index contributed by atoms with van der Waals surface area (Å²) in [7, 11) is 1.90. The lowest BCUT2D eigenvalue weighted by Gasteiger charge is -2.27. The lowest BCUT2D eigenvalue weighted by Crippen LogP contribution is -2.36. The van der Waals surface area contributed by atoms with E-state index in [0.29, 0.717) is 31.7 Å². The number of aryl methyl sites for hydroxylation is 2. The number of aromatic nitrogens is 3. The molecule has 150 valence electrons. The molecule has 0 unspecified atom stereocenters. The molecule has 5 rings (SSSR count). The summed E-state index contributed by atoms with van der Waals surface area (Å²) in [6.45, 7) is 1.18. The summed E-state index contributed by atoms with van der Waals surface area (Å²) in [5, 5.41) is 8.46. The van der Waals surface area contributed by atoms with Crippen LogP contribution >= 0.6 is 11.3 Å². The van der Waals surface area contributed by atoms with E-state index < -0.39 is 0 Å². The van der Waals surface area contributed by atoms with Crippen LogP contribution in [0.5, 0.6) is 0 Å². The number of benzene rings is 1. The van der Waals surface area contributed by atoms with E-state index in [4.69, 9.17) is 0 Å². The molecule has 2 aliphatic rings. The van der Waals surface area contributed by atoms with Crippen molar-refractivity contribution < 1.29 is 9.59 Å². The van der Waals surface area contributed by atoms with Crippen molar-refractivity contribution in [3.63, 3.8) is 0 Å². The quantitative estimate of drug-likeness (QED) is 0.703. The number of carbonyl (C=O) groups is 2. The minimum Gasteiger partial charge on any atom is -0.338 e. The van der Waals surface area contributed by atoms with E-state index in [-0.39, 0.29) is 17.7 Å². The van der Waals surface area contributed by atoms with Gasteiger partial charge in [-0.2, -0.15) is 5.10 Å². The first-order valence-corrected chi connectivity index (χ1v) is 10.9. The maximum atomic E-state index is 12.8. The van der Waals surface area contributed by atoms with Gasteiger partial charge in [-0.05, 0) is 25.0 Å². The van der Waals surface area contributed by atoms with Gasteiger partial charge in [-0.15, -0.1) is 11.3 Å². The van der Waals surface area contributed by atoms with E-state index in [1.165, 1.54) is 0 Å². The molecular weight excluding hydrogens is 386 g/mol. The third-order valence-electron chi connectivity index (χ3n) is 5.68. The van der Waals surface area contributed by atoms with Crippen LogP contribution in [0.2, 0.25) is 0 Å². The van der Waals surface area contributed by atoms with Gasteiger partial charge in [0.1, 0.15) is 0 Å². The summed E-state index contributed by atoms with van der Waals surface area (Å²) in [6.07, 6.45) is 3.76. The van der Waals surface area contributed by atoms with Gasteiger partial charge in [0.15, 0.2) is 5.82 Å². The summed E-state index contributed by atoms with van der Waals surface area (Å²) in [6, 6.07) is 8.05. The Labute approximate surface area is 172 Å². The Kier molecular flexibility index (Phi) is 4.58. The number of thiazole rings is 1. The Morgan fingerprint density at radius 1 is 1.28 bits per heavy atom. The minimum atomic E-state index is 0.0465. The second-order valence-electron chi connectivity index (χ2n) is 7.80. The number of anilines is 1. The normalized spacial score (nSPS) is 16.1. The summed E-state index contributed by atoms with van der Waals surface area (Å²) in [4.78, 5) is 31.5. The third kappa shape index (κ3) is 3.64. The smallest absolute Gasteiger partial charge is 0.228 e. The molecule has 29 heavy (non-hydrogen) atoms. The molecule has 0 radical (unpaired) electrons. The molecule has 0 saturated heterocycles. The van der Waals surface area contributed by atoms with Gasteiger partial charge in [0, 0.05) is 50.0 Å². The fraction of sp³-hybridized carbons (Fsp3) is 0.429. The van der Waals surface area contributed by atoms with Crippen LogP contribution in [0, 0.1) is 5.92 Å². The molecular formula is C21H23N5O2S. The van der Waals surface area contributed by atoms with Gasteiger partial charge in [0.05, 0.1) is 21.8 Å². The molecule has 0 atom stereocenters. The van der Waals surface area contributed by atoms with Crippen LogP contribution in [0.4, 0.5) is 5.82 Å². The largest absolute Gasteiger partial charge is 0.338 e.